The lowest BCUT2D eigenvalue weighted by Gasteiger charge is -2.39. The van der Waals surface area contributed by atoms with E-state index in [4.69, 9.17) is 4.74 Å². The molecule has 0 amide bonds. The summed E-state index contributed by atoms with van der Waals surface area (Å²) < 4.78 is 6.39. The van der Waals surface area contributed by atoms with Crippen LogP contribution >= 0.6 is 0 Å². The summed E-state index contributed by atoms with van der Waals surface area (Å²) in [7, 11) is 0. The minimum absolute atomic E-state index is 0.0875. The van der Waals surface area contributed by atoms with Crippen LogP contribution in [0.3, 0.4) is 0 Å². The van der Waals surface area contributed by atoms with Crippen LogP contribution in [-0.2, 0) is 9.53 Å². The van der Waals surface area contributed by atoms with Crippen LogP contribution in [0.4, 0.5) is 0 Å². The number of hydrogen-bond donors (Lipinski definition) is 0. The molecule has 0 aliphatic heterocycles. The first-order valence-corrected chi connectivity index (χ1v) is 10.7. The molecule has 10 atom stereocenters. The predicted octanol–water partition coefficient (Wildman–Crippen LogP) is 5.06. The Morgan fingerprint density at radius 3 is 2.50 bits per heavy atom. The Morgan fingerprint density at radius 1 is 1.04 bits per heavy atom. The molecule has 5 fully saturated rings. The van der Waals surface area contributed by atoms with Gasteiger partial charge in [0.2, 0.25) is 0 Å². The van der Waals surface area contributed by atoms with Gasteiger partial charge in [0, 0.05) is 0 Å². The summed E-state index contributed by atoms with van der Waals surface area (Å²) in [6.45, 7) is 7.13. The molecule has 0 heterocycles. The highest BCUT2D eigenvalue weighted by Gasteiger charge is 2.61. The highest BCUT2D eigenvalue weighted by atomic mass is 16.6. The lowest BCUT2D eigenvalue weighted by atomic mass is 9.71. The third-order valence-electron chi connectivity index (χ3n) is 9.31. The van der Waals surface area contributed by atoms with Crippen molar-refractivity contribution in [1.29, 1.82) is 0 Å². The SMILES string of the molecule is CCC1(OC(=O)C2CC3CC2C2C(C)CC(C)C32)CC2CCC1C2. The topological polar surface area (TPSA) is 26.3 Å². The molecular formula is C22H34O2. The monoisotopic (exact) mass is 330 g/mol. The van der Waals surface area contributed by atoms with Crippen molar-refractivity contribution in [2.75, 3.05) is 0 Å². The Hall–Kier alpha value is -0.530. The Balaban J connectivity index is 1.32. The highest BCUT2D eigenvalue weighted by molar-refractivity contribution is 5.74. The number of carbonyl (C=O) groups is 1. The van der Waals surface area contributed by atoms with Crippen LogP contribution in [0.15, 0.2) is 0 Å². The molecule has 0 radical (unpaired) electrons. The van der Waals surface area contributed by atoms with E-state index in [0.717, 1.165) is 54.8 Å². The zero-order chi connectivity index (χ0) is 16.6. The van der Waals surface area contributed by atoms with E-state index in [1.807, 2.05) is 0 Å². The van der Waals surface area contributed by atoms with Gasteiger partial charge < -0.3 is 4.74 Å². The van der Waals surface area contributed by atoms with Gasteiger partial charge in [0.1, 0.15) is 5.60 Å². The fourth-order valence-electron chi connectivity index (χ4n) is 8.57. The predicted molar refractivity (Wildman–Crippen MR) is 94.2 cm³/mol. The molecule has 24 heavy (non-hydrogen) atoms. The van der Waals surface area contributed by atoms with Crippen LogP contribution in [0.25, 0.3) is 0 Å². The molecular weight excluding hydrogens is 296 g/mol. The maximum atomic E-state index is 13.2. The molecule has 5 saturated carbocycles. The van der Waals surface area contributed by atoms with Crippen LogP contribution < -0.4 is 0 Å². The lowest BCUT2D eigenvalue weighted by Crippen LogP contribution is -2.43. The van der Waals surface area contributed by atoms with Crippen LogP contribution in [-0.4, -0.2) is 11.6 Å². The molecule has 10 unspecified atom stereocenters. The van der Waals surface area contributed by atoms with Crippen molar-refractivity contribution in [2.24, 2.45) is 53.3 Å². The van der Waals surface area contributed by atoms with Gasteiger partial charge in [-0.25, -0.2) is 0 Å². The van der Waals surface area contributed by atoms with Gasteiger partial charge in [0.25, 0.3) is 0 Å². The van der Waals surface area contributed by atoms with Gasteiger partial charge in [0.05, 0.1) is 5.92 Å². The molecule has 0 N–H and O–H groups in total. The average Bonchev–Trinajstić information content (AvgIpc) is 3.33. The summed E-state index contributed by atoms with van der Waals surface area (Å²) >= 11 is 0. The molecule has 0 aromatic rings. The lowest BCUT2D eigenvalue weighted by molar-refractivity contribution is -0.174. The van der Waals surface area contributed by atoms with E-state index in [1.54, 1.807) is 0 Å². The number of carbonyl (C=O) groups excluding carboxylic acids is 1. The van der Waals surface area contributed by atoms with Crippen LogP contribution in [0.2, 0.25) is 0 Å². The molecule has 5 rings (SSSR count). The van der Waals surface area contributed by atoms with E-state index >= 15 is 0 Å². The maximum Gasteiger partial charge on any atom is 0.309 e. The second-order valence-electron chi connectivity index (χ2n) is 10.3. The van der Waals surface area contributed by atoms with E-state index in [-0.39, 0.29) is 17.5 Å². The van der Waals surface area contributed by atoms with Gasteiger partial charge >= 0.3 is 5.97 Å². The Kier molecular flexibility index (Phi) is 3.43. The van der Waals surface area contributed by atoms with E-state index < -0.39 is 0 Å². The highest BCUT2D eigenvalue weighted by Crippen LogP contribution is 2.65. The Morgan fingerprint density at radius 2 is 1.83 bits per heavy atom. The van der Waals surface area contributed by atoms with Crippen molar-refractivity contribution in [3.8, 4) is 0 Å². The molecule has 5 aliphatic rings. The van der Waals surface area contributed by atoms with Gasteiger partial charge in [-0.15, -0.1) is 0 Å². The smallest absolute Gasteiger partial charge is 0.309 e. The first-order valence-electron chi connectivity index (χ1n) is 10.7. The number of rotatable bonds is 3. The number of fused-ring (bicyclic) bond motifs is 7. The number of esters is 1. The van der Waals surface area contributed by atoms with Gasteiger partial charge in [-0.2, -0.15) is 0 Å². The Bertz CT molecular complexity index is 542. The quantitative estimate of drug-likeness (QED) is 0.676. The third kappa shape index (κ3) is 1.98. The van der Waals surface area contributed by atoms with Crippen LogP contribution in [0.1, 0.15) is 72.1 Å². The molecule has 0 aromatic heterocycles. The van der Waals surface area contributed by atoms with Crippen molar-refractivity contribution >= 4 is 5.97 Å². The molecule has 2 nitrogen and oxygen atoms in total. The normalized spacial score (nSPS) is 57.5. The van der Waals surface area contributed by atoms with Crippen molar-refractivity contribution in [3.63, 3.8) is 0 Å². The number of ether oxygens (including phenoxy) is 1. The summed E-state index contributed by atoms with van der Waals surface area (Å²) in [5, 5.41) is 0. The van der Waals surface area contributed by atoms with Gasteiger partial charge in [0.15, 0.2) is 0 Å². The van der Waals surface area contributed by atoms with E-state index in [0.29, 0.717) is 11.8 Å². The van der Waals surface area contributed by atoms with E-state index in [9.17, 15) is 4.79 Å². The zero-order valence-electron chi connectivity index (χ0n) is 15.7. The first-order chi connectivity index (χ1) is 11.5. The first kappa shape index (κ1) is 15.7. The maximum absolute atomic E-state index is 13.2. The standard InChI is InChI=1S/C22H34O2/c1-4-22(11-14-5-6-16(22)8-14)24-21(23)18-10-15-9-17(18)20-13(3)7-12(2)19(15)20/h12-20H,4-11H2,1-3H3. The number of hydrogen-bond acceptors (Lipinski definition) is 2. The van der Waals surface area contributed by atoms with Gasteiger partial charge in [-0.3, -0.25) is 4.79 Å². The fraction of sp³-hybridized carbons (Fsp3) is 0.955. The van der Waals surface area contributed by atoms with Crippen molar-refractivity contribution < 1.29 is 9.53 Å². The molecule has 2 heteroatoms. The summed E-state index contributed by atoms with van der Waals surface area (Å²) in [5.41, 5.74) is -0.0875. The fourth-order valence-corrected chi connectivity index (χ4v) is 8.57. The summed E-state index contributed by atoms with van der Waals surface area (Å²) in [6, 6.07) is 0. The van der Waals surface area contributed by atoms with Gasteiger partial charge in [-0.1, -0.05) is 20.8 Å². The van der Waals surface area contributed by atoms with E-state index in [1.165, 1.54) is 32.1 Å². The average molecular weight is 331 g/mol. The summed E-state index contributed by atoms with van der Waals surface area (Å²) in [6.07, 6.45) is 9.99. The molecule has 0 saturated heterocycles. The van der Waals surface area contributed by atoms with Gasteiger partial charge in [-0.05, 0) is 98.7 Å². The van der Waals surface area contributed by atoms with Crippen molar-refractivity contribution in [1.82, 2.24) is 0 Å². The molecule has 5 aliphatic carbocycles. The van der Waals surface area contributed by atoms with Crippen molar-refractivity contribution in [2.45, 2.75) is 77.7 Å². The molecule has 0 spiro atoms. The second kappa shape index (κ2) is 5.24. The van der Waals surface area contributed by atoms with E-state index in [2.05, 4.69) is 20.8 Å². The minimum Gasteiger partial charge on any atom is -0.459 e. The minimum atomic E-state index is -0.0875. The third-order valence-corrected chi connectivity index (χ3v) is 9.31. The summed E-state index contributed by atoms with van der Waals surface area (Å²) in [4.78, 5) is 13.2. The zero-order valence-corrected chi connectivity index (χ0v) is 15.7. The molecule has 134 valence electrons. The summed E-state index contributed by atoms with van der Waals surface area (Å²) in [5.74, 6) is 6.80. The van der Waals surface area contributed by atoms with Crippen LogP contribution in [0, 0.1) is 53.3 Å². The van der Waals surface area contributed by atoms with Crippen LogP contribution in [0.5, 0.6) is 0 Å². The van der Waals surface area contributed by atoms with Crippen molar-refractivity contribution in [3.05, 3.63) is 0 Å². The molecule has 4 bridgehead atoms. The largest absolute Gasteiger partial charge is 0.459 e. The Labute approximate surface area is 147 Å². The molecule has 0 aromatic carbocycles. The second-order valence-corrected chi connectivity index (χ2v) is 10.3.